The molecular formula is C11H25NSi. The SMILES string of the molecule is C[Si](C)(C)CC(CN)C1CCCC1. The van der Waals surface area contributed by atoms with Gasteiger partial charge in [-0.3, -0.25) is 0 Å². The van der Waals surface area contributed by atoms with Crippen LogP contribution >= 0.6 is 0 Å². The molecule has 0 radical (unpaired) electrons. The van der Waals surface area contributed by atoms with Crippen LogP contribution in [0, 0.1) is 11.8 Å². The Bertz CT molecular complexity index is 145. The largest absolute Gasteiger partial charge is 0.330 e. The van der Waals surface area contributed by atoms with Crippen LogP contribution in [0.15, 0.2) is 0 Å². The lowest BCUT2D eigenvalue weighted by molar-refractivity contribution is 0.372. The number of nitrogens with two attached hydrogens (primary N) is 1. The molecule has 0 saturated heterocycles. The molecule has 78 valence electrons. The van der Waals surface area contributed by atoms with E-state index in [1.165, 1.54) is 31.7 Å². The molecule has 1 aliphatic rings. The van der Waals surface area contributed by atoms with E-state index in [0.29, 0.717) is 0 Å². The summed E-state index contributed by atoms with van der Waals surface area (Å²) < 4.78 is 0. The smallest absolute Gasteiger partial charge is 0.0446 e. The minimum atomic E-state index is -0.889. The summed E-state index contributed by atoms with van der Waals surface area (Å²) in [6.07, 6.45) is 5.80. The molecule has 0 aromatic carbocycles. The molecule has 1 fully saturated rings. The molecule has 13 heavy (non-hydrogen) atoms. The van der Waals surface area contributed by atoms with Crippen LogP contribution in [0.4, 0.5) is 0 Å². The third-order valence-corrected chi connectivity index (χ3v) is 4.99. The highest BCUT2D eigenvalue weighted by molar-refractivity contribution is 6.76. The average molecular weight is 199 g/mol. The predicted molar refractivity (Wildman–Crippen MR) is 62.7 cm³/mol. The van der Waals surface area contributed by atoms with Gasteiger partial charge in [-0.05, 0) is 18.4 Å². The predicted octanol–water partition coefficient (Wildman–Crippen LogP) is 3.09. The van der Waals surface area contributed by atoms with Crippen molar-refractivity contribution in [3.63, 3.8) is 0 Å². The van der Waals surface area contributed by atoms with E-state index < -0.39 is 8.07 Å². The number of hydrogen-bond acceptors (Lipinski definition) is 1. The fraction of sp³-hybridized carbons (Fsp3) is 1.00. The second kappa shape index (κ2) is 4.60. The van der Waals surface area contributed by atoms with E-state index >= 15 is 0 Å². The monoisotopic (exact) mass is 199 g/mol. The van der Waals surface area contributed by atoms with Crippen LogP contribution < -0.4 is 5.73 Å². The van der Waals surface area contributed by atoms with E-state index in [1.807, 2.05) is 0 Å². The van der Waals surface area contributed by atoms with Crippen molar-refractivity contribution in [2.45, 2.75) is 51.4 Å². The summed E-state index contributed by atoms with van der Waals surface area (Å²) in [4.78, 5) is 0. The highest BCUT2D eigenvalue weighted by Gasteiger charge is 2.28. The van der Waals surface area contributed by atoms with Gasteiger partial charge in [-0.15, -0.1) is 0 Å². The van der Waals surface area contributed by atoms with Gasteiger partial charge in [0.05, 0.1) is 0 Å². The van der Waals surface area contributed by atoms with Crippen LogP contribution in [-0.4, -0.2) is 14.6 Å². The van der Waals surface area contributed by atoms with E-state index in [9.17, 15) is 0 Å². The van der Waals surface area contributed by atoms with Crippen molar-refractivity contribution in [3.8, 4) is 0 Å². The van der Waals surface area contributed by atoms with E-state index in [2.05, 4.69) is 19.6 Å². The van der Waals surface area contributed by atoms with Gasteiger partial charge in [0.2, 0.25) is 0 Å². The van der Waals surface area contributed by atoms with Crippen molar-refractivity contribution in [2.75, 3.05) is 6.54 Å². The molecule has 2 N–H and O–H groups in total. The second-order valence-corrected chi connectivity index (χ2v) is 11.3. The van der Waals surface area contributed by atoms with Gasteiger partial charge in [-0.25, -0.2) is 0 Å². The molecule has 0 bridgehead atoms. The Morgan fingerprint density at radius 2 is 1.77 bits per heavy atom. The highest BCUT2D eigenvalue weighted by atomic mass is 28.3. The Hall–Kier alpha value is 0.177. The molecular weight excluding hydrogens is 174 g/mol. The van der Waals surface area contributed by atoms with Crippen LogP contribution in [0.1, 0.15) is 25.7 Å². The van der Waals surface area contributed by atoms with Gasteiger partial charge in [0.25, 0.3) is 0 Å². The molecule has 0 amide bonds. The van der Waals surface area contributed by atoms with Gasteiger partial charge >= 0.3 is 0 Å². The molecule has 1 rings (SSSR count). The molecule has 1 atom stereocenters. The summed E-state index contributed by atoms with van der Waals surface area (Å²) in [6, 6.07) is 1.44. The minimum Gasteiger partial charge on any atom is -0.330 e. The lowest BCUT2D eigenvalue weighted by atomic mass is 9.93. The second-order valence-electron chi connectivity index (χ2n) is 5.81. The van der Waals surface area contributed by atoms with Gasteiger partial charge in [-0.1, -0.05) is 51.4 Å². The first-order valence-corrected chi connectivity index (χ1v) is 9.44. The summed E-state index contributed by atoms with van der Waals surface area (Å²) in [7, 11) is -0.889. The molecule has 1 unspecified atom stereocenters. The number of hydrogen-bond donors (Lipinski definition) is 1. The maximum absolute atomic E-state index is 5.88. The van der Waals surface area contributed by atoms with Gasteiger partial charge in [0.15, 0.2) is 0 Å². The molecule has 1 nitrogen and oxygen atoms in total. The quantitative estimate of drug-likeness (QED) is 0.692. The van der Waals surface area contributed by atoms with E-state index in [0.717, 1.165) is 18.4 Å². The van der Waals surface area contributed by atoms with E-state index in [1.54, 1.807) is 0 Å². The normalized spacial score (nSPS) is 22.2. The molecule has 2 heteroatoms. The van der Waals surface area contributed by atoms with Gasteiger partial charge < -0.3 is 5.73 Å². The van der Waals surface area contributed by atoms with E-state index in [-0.39, 0.29) is 0 Å². The average Bonchev–Trinajstić information content (AvgIpc) is 2.50. The lowest BCUT2D eigenvalue weighted by Crippen LogP contribution is -2.31. The topological polar surface area (TPSA) is 26.0 Å². The molecule has 0 aromatic rings. The zero-order valence-electron chi connectivity index (χ0n) is 9.47. The van der Waals surface area contributed by atoms with Crippen molar-refractivity contribution in [2.24, 2.45) is 17.6 Å². The van der Waals surface area contributed by atoms with Crippen LogP contribution in [0.3, 0.4) is 0 Å². The third kappa shape index (κ3) is 3.82. The highest BCUT2D eigenvalue weighted by Crippen LogP contribution is 2.35. The first kappa shape index (κ1) is 11.3. The maximum atomic E-state index is 5.88. The van der Waals surface area contributed by atoms with Crippen LogP contribution in [0.25, 0.3) is 0 Å². The first-order chi connectivity index (χ1) is 6.03. The Labute approximate surface area is 84.1 Å². The van der Waals surface area contributed by atoms with Gasteiger partial charge in [0.1, 0.15) is 0 Å². The molecule has 0 heterocycles. The fourth-order valence-corrected chi connectivity index (χ4v) is 4.73. The summed E-state index contributed by atoms with van der Waals surface area (Å²) in [5.74, 6) is 1.81. The molecule has 0 aliphatic heterocycles. The molecule has 1 saturated carbocycles. The molecule has 0 aromatic heterocycles. The molecule has 1 aliphatic carbocycles. The van der Waals surface area contributed by atoms with Crippen LogP contribution in [0.5, 0.6) is 0 Å². The zero-order chi connectivity index (χ0) is 9.90. The van der Waals surface area contributed by atoms with Gasteiger partial charge in [-0.2, -0.15) is 0 Å². The standard InChI is InChI=1S/C11H25NSi/c1-13(2,3)9-11(8-12)10-6-4-5-7-10/h10-11H,4-9,12H2,1-3H3. The Morgan fingerprint density at radius 1 is 1.23 bits per heavy atom. The first-order valence-electron chi connectivity index (χ1n) is 5.73. The summed E-state index contributed by atoms with van der Waals surface area (Å²) >= 11 is 0. The molecule has 0 spiro atoms. The van der Waals surface area contributed by atoms with Crippen molar-refractivity contribution in [3.05, 3.63) is 0 Å². The number of rotatable bonds is 4. The zero-order valence-corrected chi connectivity index (χ0v) is 10.5. The summed E-state index contributed by atoms with van der Waals surface area (Å²) in [6.45, 7) is 8.31. The maximum Gasteiger partial charge on any atom is 0.0446 e. The minimum absolute atomic E-state index is 0.842. The Morgan fingerprint density at radius 3 is 2.15 bits per heavy atom. The van der Waals surface area contributed by atoms with Crippen LogP contribution in [0.2, 0.25) is 25.7 Å². The third-order valence-electron chi connectivity index (χ3n) is 3.24. The van der Waals surface area contributed by atoms with Crippen molar-refractivity contribution < 1.29 is 0 Å². The summed E-state index contributed by atoms with van der Waals surface area (Å²) in [5.41, 5.74) is 5.88. The van der Waals surface area contributed by atoms with Crippen molar-refractivity contribution >= 4 is 8.07 Å². The summed E-state index contributed by atoms with van der Waals surface area (Å²) in [5, 5.41) is 0. The van der Waals surface area contributed by atoms with Crippen molar-refractivity contribution in [1.82, 2.24) is 0 Å². The fourth-order valence-electron chi connectivity index (χ4n) is 2.66. The van der Waals surface area contributed by atoms with Gasteiger partial charge in [0, 0.05) is 8.07 Å². The van der Waals surface area contributed by atoms with E-state index in [4.69, 9.17) is 5.73 Å². The van der Waals surface area contributed by atoms with Crippen molar-refractivity contribution in [1.29, 1.82) is 0 Å². The van der Waals surface area contributed by atoms with Crippen LogP contribution in [-0.2, 0) is 0 Å². The lowest BCUT2D eigenvalue weighted by Gasteiger charge is -2.28. The Balaban J connectivity index is 2.42. The Kier molecular flexibility index (Phi) is 3.99.